The molecule has 0 unspecified atom stereocenters. The van der Waals surface area contributed by atoms with E-state index in [1.165, 1.54) is 58.3 Å². The zero-order valence-electron chi connectivity index (χ0n) is 23.7. The number of likely N-dealkylation sites (N-methyl/N-ethyl adjacent to an activating group) is 1. The topological polar surface area (TPSA) is 89.9 Å². The second kappa shape index (κ2) is 23.7. The quantitative estimate of drug-likeness (QED) is 0.0788. The molecule has 0 radical (unpaired) electrons. The van der Waals surface area contributed by atoms with Crippen LogP contribution in [0.4, 0.5) is 0 Å². The van der Waals surface area contributed by atoms with Gasteiger partial charge in [-0.1, -0.05) is 77.0 Å². The van der Waals surface area contributed by atoms with Gasteiger partial charge < -0.3 is 19.1 Å². The van der Waals surface area contributed by atoms with Crippen molar-refractivity contribution >= 4 is 17.9 Å². The Labute approximate surface area is 220 Å². The zero-order chi connectivity index (χ0) is 26.9. The lowest BCUT2D eigenvalue weighted by Crippen LogP contribution is -2.43. The van der Waals surface area contributed by atoms with E-state index in [4.69, 9.17) is 14.6 Å². The van der Waals surface area contributed by atoms with Crippen LogP contribution < -0.4 is 0 Å². The second-order valence-electron chi connectivity index (χ2n) is 10.8. The Morgan fingerprint density at radius 1 is 0.556 bits per heavy atom. The first-order chi connectivity index (χ1) is 17.2. The minimum absolute atomic E-state index is 0.0585. The number of nitrogens with zero attached hydrogens (tertiary/aromatic N) is 1. The van der Waals surface area contributed by atoms with Crippen molar-refractivity contribution in [2.45, 2.75) is 129 Å². The summed E-state index contributed by atoms with van der Waals surface area (Å²) in [5.74, 6) is -0.961. The van der Waals surface area contributed by atoms with Crippen LogP contribution in [0.5, 0.6) is 0 Å². The Hall–Kier alpha value is -1.63. The minimum Gasteiger partial charge on any atom is -0.481 e. The Bertz CT molecular complexity index is 564. The summed E-state index contributed by atoms with van der Waals surface area (Å²) in [6.45, 7) is 4.51. The molecule has 0 aliphatic heterocycles. The van der Waals surface area contributed by atoms with Gasteiger partial charge in [-0.05, 0) is 32.1 Å². The number of quaternary nitrogens is 1. The molecule has 0 atom stereocenters. The molecule has 7 heteroatoms. The van der Waals surface area contributed by atoms with E-state index in [1.807, 2.05) is 0 Å². The van der Waals surface area contributed by atoms with E-state index in [0.29, 0.717) is 19.6 Å². The van der Waals surface area contributed by atoms with Crippen LogP contribution in [-0.2, 0) is 23.9 Å². The Kier molecular flexibility index (Phi) is 22.7. The number of carboxylic acids is 1. The maximum Gasteiger partial charge on any atom is 0.305 e. The number of hydrogen-bond donors (Lipinski definition) is 1. The van der Waals surface area contributed by atoms with Gasteiger partial charge in [0.1, 0.15) is 13.2 Å². The average Bonchev–Trinajstić information content (AvgIpc) is 2.80. The fraction of sp³-hybridized carbons (Fsp3) is 0.897. The number of rotatable bonds is 26. The zero-order valence-corrected chi connectivity index (χ0v) is 23.7. The molecule has 0 aliphatic carbocycles. The molecule has 36 heavy (non-hydrogen) atoms. The summed E-state index contributed by atoms with van der Waals surface area (Å²) in [4.78, 5) is 33.1. The SMILES string of the molecule is CC(=O)OCC[N+](C)(C)CCCCCCCCCCCOC(=O)CCCCCCCCCCC(=O)O. The van der Waals surface area contributed by atoms with Gasteiger partial charge in [0.05, 0.1) is 27.2 Å². The van der Waals surface area contributed by atoms with Crippen molar-refractivity contribution in [1.29, 1.82) is 0 Å². The molecule has 0 aliphatic rings. The second-order valence-corrected chi connectivity index (χ2v) is 10.8. The molecule has 212 valence electrons. The molecule has 0 saturated heterocycles. The summed E-state index contributed by atoms with van der Waals surface area (Å²) in [6, 6.07) is 0. The number of hydrogen-bond acceptors (Lipinski definition) is 5. The van der Waals surface area contributed by atoms with Crippen LogP contribution in [0.15, 0.2) is 0 Å². The number of ether oxygens (including phenoxy) is 2. The molecule has 0 aromatic rings. The third kappa shape index (κ3) is 27.0. The largest absolute Gasteiger partial charge is 0.481 e. The highest BCUT2D eigenvalue weighted by molar-refractivity contribution is 5.69. The molecule has 0 rings (SSSR count). The Morgan fingerprint density at radius 2 is 1.00 bits per heavy atom. The molecule has 0 fully saturated rings. The Morgan fingerprint density at radius 3 is 1.50 bits per heavy atom. The van der Waals surface area contributed by atoms with E-state index in [1.54, 1.807) is 0 Å². The lowest BCUT2D eigenvalue weighted by molar-refractivity contribution is -0.890. The number of carboxylic acid groups (broad SMARTS) is 1. The van der Waals surface area contributed by atoms with Gasteiger partial charge in [0.15, 0.2) is 0 Å². The van der Waals surface area contributed by atoms with E-state index in [9.17, 15) is 14.4 Å². The summed E-state index contributed by atoms with van der Waals surface area (Å²) in [5.41, 5.74) is 0. The summed E-state index contributed by atoms with van der Waals surface area (Å²) < 4.78 is 11.3. The highest BCUT2D eigenvalue weighted by atomic mass is 16.5. The van der Waals surface area contributed by atoms with Crippen molar-refractivity contribution in [2.24, 2.45) is 0 Å². The molecule has 1 N–H and O–H groups in total. The summed E-state index contributed by atoms with van der Waals surface area (Å²) in [5, 5.41) is 8.60. The van der Waals surface area contributed by atoms with Crippen molar-refractivity contribution in [3.63, 3.8) is 0 Å². The van der Waals surface area contributed by atoms with E-state index in [0.717, 1.165) is 75.4 Å². The molecule has 0 spiro atoms. The molecular formula is C29H56NO6+. The van der Waals surface area contributed by atoms with Gasteiger partial charge in [-0.3, -0.25) is 14.4 Å². The molecule has 0 aromatic carbocycles. The summed E-state index contributed by atoms with van der Waals surface area (Å²) >= 11 is 0. The Balaban J connectivity index is 3.31. The molecule has 0 aromatic heterocycles. The van der Waals surface area contributed by atoms with Crippen LogP contribution in [-0.4, -0.2) is 67.9 Å². The third-order valence-electron chi connectivity index (χ3n) is 6.69. The third-order valence-corrected chi connectivity index (χ3v) is 6.69. The number of aliphatic carboxylic acids is 1. The smallest absolute Gasteiger partial charge is 0.305 e. The van der Waals surface area contributed by atoms with Crippen LogP contribution in [0.25, 0.3) is 0 Å². The van der Waals surface area contributed by atoms with E-state index >= 15 is 0 Å². The number of carbonyl (C=O) groups is 3. The lowest BCUT2D eigenvalue weighted by Gasteiger charge is -2.29. The van der Waals surface area contributed by atoms with E-state index in [2.05, 4.69) is 14.1 Å². The fourth-order valence-corrected chi connectivity index (χ4v) is 4.29. The van der Waals surface area contributed by atoms with Crippen molar-refractivity contribution in [3.05, 3.63) is 0 Å². The molecule has 0 heterocycles. The van der Waals surface area contributed by atoms with E-state index < -0.39 is 5.97 Å². The number of unbranched alkanes of at least 4 members (excludes halogenated alkanes) is 15. The van der Waals surface area contributed by atoms with Crippen molar-refractivity contribution in [3.8, 4) is 0 Å². The molecule has 0 saturated carbocycles. The van der Waals surface area contributed by atoms with Crippen LogP contribution in [0.1, 0.15) is 129 Å². The van der Waals surface area contributed by atoms with Crippen LogP contribution in [0.2, 0.25) is 0 Å². The summed E-state index contributed by atoms with van der Waals surface area (Å²) in [7, 11) is 4.39. The van der Waals surface area contributed by atoms with Gasteiger partial charge in [-0.2, -0.15) is 0 Å². The molecule has 0 amide bonds. The average molecular weight is 515 g/mol. The number of carbonyl (C=O) groups excluding carboxylic acids is 2. The van der Waals surface area contributed by atoms with Gasteiger partial charge in [0, 0.05) is 19.8 Å². The predicted octanol–water partition coefficient (Wildman–Crippen LogP) is 6.67. The first kappa shape index (κ1) is 34.4. The molecule has 7 nitrogen and oxygen atoms in total. The van der Waals surface area contributed by atoms with Gasteiger partial charge in [-0.15, -0.1) is 0 Å². The maximum absolute atomic E-state index is 11.8. The van der Waals surface area contributed by atoms with Crippen LogP contribution in [0.3, 0.4) is 0 Å². The van der Waals surface area contributed by atoms with Gasteiger partial charge in [0.25, 0.3) is 0 Å². The fourth-order valence-electron chi connectivity index (χ4n) is 4.29. The first-order valence-corrected chi connectivity index (χ1v) is 14.6. The highest BCUT2D eigenvalue weighted by Crippen LogP contribution is 2.13. The highest BCUT2D eigenvalue weighted by Gasteiger charge is 2.14. The van der Waals surface area contributed by atoms with Crippen molar-refractivity contribution in [2.75, 3.05) is 40.4 Å². The van der Waals surface area contributed by atoms with Crippen molar-refractivity contribution < 1.29 is 33.4 Å². The monoisotopic (exact) mass is 514 g/mol. The van der Waals surface area contributed by atoms with Gasteiger partial charge >= 0.3 is 17.9 Å². The lowest BCUT2D eigenvalue weighted by atomic mass is 10.1. The molecule has 0 bridgehead atoms. The number of esters is 2. The maximum atomic E-state index is 11.8. The standard InChI is InChI=1S/C29H55NO6/c1-27(31)35-26-24-30(2,3)23-19-15-11-7-4-8-12-16-20-25-36-29(34)22-18-14-10-6-5-9-13-17-21-28(32)33/h4-26H2,1-3H3/p+1. The van der Waals surface area contributed by atoms with Crippen LogP contribution >= 0.6 is 0 Å². The van der Waals surface area contributed by atoms with Crippen molar-refractivity contribution in [1.82, 2.24) is 0 Å². The van der Waals surface area contributed by atoms with Crippen LogP contribution in [0, 0.1) is 0 Å². The van der Waals surface area contributed by atoms with E-state index in [-0.39, 0.29) is 18.4 Å². The van der Waals surface area contributed by atoms with Gasteiger partial charge in [0.2, 0.25) is 0 Å². The first-order valence-electron chi connectivity index (χ1n) is 14.6. The summed E-state index contributed by atoms with van der Waals surface area (Å²) in [6.07, 6.45) is 20.0. The normalized spacial score (nSPS) is 11.4. The molecular weight excluding hydrogens is 458 g/mol. The minimum atomic E-state index is -0.703. The predicted molar refractivity (Wildman–Crippen MR) is 145 cm³/mol. The van der Waals surface area contributed by atoms with Gasteiger partial charge in [-0.25, -0.2) is 0 Å².